The third-order valence-corrected chi connectivity index (χ3v) is 7.33. The minimum atomic E-state index is -0.827. The molecule has 17 nitrogen and oxygen atoms in total. The van der Waals surface area contributed by atoms with Gasteiger partial charge in [-0.2, -0.15) is 0 Å². The number of anilines is 1. The van der Waals surface area contributed by atoms with E-state index in [4.69, 9.17) is 38.4 Å². The average molecular weight is 749 g/mol. The lowest BCUT2D eigenvalue weighted by molar-refractivity contribution is -0.138. The van der Waals surface area contributed by atoms with Crippen LogP contribution >= 0.6 is 0 Å². The summed E-state index contributed by atoms with van der Waals surface area (Å²) in [5, 5.41) is 35.0. The van der Waals surface area contributed by atoms with Gasteiger partial charge in [-0.15, -0.1) is 0 Å². The number of urea groups is 1. The van der Waals surface area contributed by atoms with Gasteiger partial charge >= 0.3 is 6.03 Å². The van der Waals surface area contributed by atoms with Crippen molar-refractivity contribution in [3.05, 3.63) is 41.5 Å². The van der Waals surface area contributed by atoms with Crippen molar-refractivity contribution in [2.45, 2.75) is 77.9 Å². The number of benzene rings is 1. The van der Waals surface area contributed by atoms with Gasteiger partial charge in [-0.05, 0) is 36.5 Å². The molecule has 0 aliphatic carbocycles. The van der Waals surface area contributed by atoms with Crippen molar-refractivity contribution in [2.75, 3.05) is 58.5 Å². The number of nitrogens with zero attached hydrogens (tertiary/aromatic N) is 1. The SMILES string of the molecule is CCCNC(N)=O.CO.OC1COCC(O)C1.[B]Cc1ccc(NC(=O)CNC(=O)C(NC(=O)CCOCCN2C(=O)C=CC2=O)C(C)C)cc1CC. The molecule has 0 aromatic heterocycles. The van der Waals surface area contributed by atoms with Crippen molar-refractivity contribution in [3.8, 4) is 0 Å². The molecule has 0 saturated carbocycles. The Morgan fingerprint density at radius 3 is 2.08 bits per heavy atom. The molecule has 2 aliphatic rings. The van der Waals surface area contributed by atoms with E-state index in [2.05, 4.69) is 21.3 Å². The van der Waals surface area contributed by atoms with Crippen LogP contribution in [-0.2, 0) is 46.2 Å². The molecule has 2 heterocycles. The molecule has 2 radical (unpaired) electrons. The first-order valence-corrected chi connectivity index (χ1v) is 17.4. The summed E-state index contributed by atoms with van der Waals surface area (Å²) in [5.74, 6) is -2.25. The number of carbonyl (C=O) groups excluding carboxylic acids is 6. The molecular weight excluding hydrogens is 691 g/mol. The molecule has 3 atom stereocenters. The Balaban J connectivity index is 0.00000130. The van der Waals surface area contributed by atoms with Gasteiger partial charge < -0.3 is 51.8 Å². The van der Waals surface area contributed by atoms with Crippen LogP contribution in [0.25, 0.3) is 0 Å². The lowest BCUT2D eigenvalue weighted by atomic mass is 9.91. The van der Waals surface area contributed by atoms with Crippen LogP contribution in [0.1, 0.15) is 58.1 Å². The highest BCUT2D eigenvalue weighted by Crippen LogP contribution is 2.16. The van der Waals surface area contributed by atoms with Crippen LogP contribution < -0.4 is 27.0 Å². The zero-order chi connectivity index (χ0) is 40.3. The van der Waals surface area contributed by atoms with Crippen molar-refractivity contribution in [2.24, 2.45) is 11.7 Å². The zero-order valence-corrected chi connectivity index (χ0v) is 31.4. The number of primary amides is 1. The van der Waals surface area contributed by atoms with Gasteiger partial charge in [-0.3, -0.25) is 28.9 Å². The van der Waals surface area contributed by atoms with Crippen molar-refractivity contribution >= 4 is 49.1 Å². The predicted octanol–water partition coefficient (Wildman–Crippen LogP) is -0.754. The molecule has 3 unspecified atom stereocenters. The van der Waals surface area contributed by atoms with Crippen molar-refractivity contribution in [3.63, 3.8) is 0 Å². The predicted molar refractivity (Wildman–Crippen MR) is 198 cm³/mol. The second kappa shape index (κ2) is 28.2. The number of nitrogens with one attached hydrogen (secondary N) is 4. The highest BCUT2D eigenvalue weighted by atomic mass is 16.5. The van der Waals surface area contributed by atoms with Crippen LogP contribution in [0.2, 0.25) is 0 Å². The number of carbonyl (C=O) groups is 6. The number of ether oxygens (including phenoxy) is 2. The minimum Gasteiger partial charge on any atom is -0.400 e. The standard InChI is InChI=1S/C25H33BN4O6.C5H10O3.C4H10N2O.CH4O/c1-4-17-13-19(6-5-18(17)14-26)28-21(32)15-27-25(35)24(16(2)3)29-20(31)9-11-36-12-10-30-22(33)7-8-23(30)34;6-4-1-5(7)3-8-2-4;1-2-3-6-4(5)7;1-2/h5-8,13,16,24H,4,9-12,14-15H2,1-3H3,(H,27,35)(H,28,32)(H,29,31);4-7H,1-3H2;2-3H2,1H3,(H3,5,6,7);2H,1H3. The summed E-state index contributed by atoms with van der Waals surface area (Å²) in [6.07, 6.45) is 4.05. The molecule has 3 rings (SSSR count). The van der Waals surface area contributed by atoms with E-state index in [1.165, 1.54) is 12.2 Å². The number of nitrogens with two attached hydrogens (primary N) is 1. The molecular formula is C35H57BN6O11. The summed E-state index contributed by atoms with van der Waals surface area (Å²) in [6.45, 7) is 8.97. The van der Waals surface area contributed by atoms with E-state index in [-0.39, 0.29) is 38.6 Å². The summed E-state index contributed by atoms with van der Waals surface area (Å²) >= 11 is 0. The topological polar surface area (TPSA) is 259 Å². The average Bonchev–Trinajstić information content (AvgIpc) is 3.45. The van der Waals surface area contributed by atoms with E-state index in [0.29, 0.717) is 38.2 Å². The maximum absolute atomic E-state index is 12.6. The first-order valence-electron chi connectivity index (χ1n) is 17.4. The molecule has 18 heteroatoms. The molecule has 7 amide bonds. The Bertz CT molecular complexity index is 1310. The Kier molecular flexibility index (Phi) is 25.9. The molecule has 0 bridgehead atoms. The maximum atomic E-state index is 12.6. The highest BCUT2D eigenvalue weighted by molar-refractivity contribution is 6.12. The first kappa shape index (κ1) is 48.6. The molecule has 1 aromatic rings. The van der Waals surface area contributed by atoms with Gasteiger partial charge in [0.2, 0.25) is 17.7 Å². The van der Waals surface area contributed by atoms with Crippen molar-refractivity contribution in [1.29, 1.82) is 0 Å². The summed E-state index contributed by atoms with van der Waals surface area (Å²) in [4.78, 5) is 71.1. The van der Waals surface area contributed by atoms with Crippen molar-refractivity contribution < 1.29 is 53.6 Å². The van der Waals surface area contributed by atoms with Crippen LogP contribution in [-0.4, -0.2) is 135 Å². The first-order chi connectivity index (χ1) is 25.2. The second-order valence-corrected chi connectivity index (χ2v) is 12.0. The molecule has 296 valence electrons. The number of imide groups is 1. The smallest absolute Gasteiger partial charge is 0.312 e. The van der Waals surface area contributed by atoms with Crippen LogP contribution in [0, 0.1) is 5.92 Å². The third-order valence-electron chi connectivity index (χ3n) is 7.33. The monoisotopic (exact) mass is 748 g/mol. The fourth-order valence-electron chi connectivity index (χ4n) is 4.61. The van der Waals surface area contributed by atoms with Gasteiger partial charge in [-0.25, -0.2) is 4.79 Å². The van der Waals surface area contributed by atoms with E-state index in [0.717, 1.165) is 36.0 Å². The lowest BCUT2D eigenvalue weighted by Gasteiger charge is -2.21. The number of aliphatic hydroxyl groups excluding tert-OH is 3. The Morgan fingerprint density at radius 1 is 0.981 bits per heavy atom. The quantitative estimate of drug-likeness (QED) is 0.0593. The van der Waals surface area contributed by atoms with E-state index < -0.39 is 53.8 Å². The van der Waals surface area contributed by atoms with Gasteiger partial charge in [0.1, 0.15) is 6.04 Å². The summed E-state index contributed by atoms with van der Waals surface area (Å²) < 4.78 is 10.1. The highest BCUT2D eigenvalue weighted by Gasteiger charge is 2.25. The molecule has 1 fully saturated rings. The fourth-order valence-corrected chi connectivity index (χ4v) is 4.61. The molecule has 2 aliphatic heterocycles. The van der Waals surface area contributed by atoms with E-state index in [1.807, 2.05) is 26.0 Å². The Labute approximate surface area is 312 Å². The maximum Gasteiger partial charge on any atom is 0.312 e. The van der Waals surface area contributed by atoms with Gasteiger partial charge in [0.15, 0.2) is 0 Å². The van der Waals surface area contributed by atoms with Gasteiger partial charge in [-0.1, -0.05) is 45.6 Å². The Morgan fingerprint density at radius 2 is 1.60 bits per heavy atom. The van der Waals surface area contributed by atoms with Crippen LogP contribution in [0.3, 0.4) is 0 Å². The minimum absolute atomic E-state index is 0.00428. The number of hydrogen-bond donors (Lipinski definition) is 8. The number of hydrogen-bond acceptors (Lipinski definition) is 11. The third kappa shape index (κ3) is 21.1. The van der Waals surface area contributed by atoms with E-state index >= 15 is 0 Å². The van der Waals surface area contributed by atoms with Gasteiger partial charge in [0, 0.05) is 44.3 Å². The number of aryl methyl sites for hydroxylation is 1. The Hall–Kier alpha value is -4.36. The fraction of sp³-hybridized carbons (Fsp3) is 0.600. The summed E-state index contributed by atoms with van der Waals surface area (Å²) in [7, 11) is 6.72. The molecule has 1 saturated heterocycles. The normalized spacial score (nSPS) is 16.5. The van der Waals surface area contributed by atoms with E-state index in [1.54, 1.807) is 19.9 Å². The van der Waals surface area contributed by atoms with Crippen LogP contribution in [0.5, 0.6) is 0 Å². The largest absolute Gasteiger partial charge is 0.400 e. The summed E-state index contributed by atoms with van der Waals surface area (Å²) in [6, 6.07) is 4.22. The molecule has 1 aromatic carbocycles. The molecule has 9 N–H and O–H groups in total. The molecule has 0 spiro atoms. The number of aliphatic hydroxyl groups is 3. The molecule has 53 heavy (non-hydrogen) atoms. The summed E-state index contributed by atoms with van der Waals surface area (Å²) in [5.41, 5.74) is 7.40. The second-order valence-electron chi connectivity index (χ2n) is 12.0. The van der Waals surface area contributed by atoms with Gasteiger partial charge in [0.25, 0.3) is 11.8 Å². The van der Waals surface area contributed by atoms with Crippen molar-refractivity contribution in [1.82, 2.24) is 20.9 Å². The number of rotatable bonds is 16. The lowest BCUT2D eigenvalue weighted by Crippen LogP contribution is -2.51. The van der Waals surface area contributed by atoms with Crippen LogP contribution in [0.4, 0.5) is 10.5 Å². The zero-order valence-electron chi connectivity index (χ0n) is 31.4. The number of amides is 7. The van der Waals surface area contributed by atoms with Gasteiger partial charge in [0.05, 0.1) is 59.6 Å². The van der Waals surface area contributed by atoms with Crippen LogP contribution in [0.15, 0.2) is 30.4 Å². The van der Waals surface area contributed by atoms with E-state index in [9.17, 15) is 28.8 Å².